The van der Waals surface area contributed by atoms with Crippen LogP contribution in [0.3, 0.4) is 0 Å². The minimum Gasteiger partial charge on any atom is -0.508 e. The van der Waals surface area contributed by atoms with Crippen LogP contribution in [0.25, 0.3) is 0 Å². The smallest absolute Gasteiger partial charge is 0.274 e. The first kappa shape index (κ1) is 17.4. The summed E-state index contributed by atoms with van der Waals surface area (Å²) in [5, 5.41) is 16.4. The van der Waals surface area contributed by atoms with E-state index in [1.807, 2.05) is 36.4 Å². The zero-order valence-corrected chi connectivity index (χ0v) is 15.9. The number of amides is 1. The van der Waals surface area contributed by atoms with Gasteiger partial charge in [0.2, 0.25) is 0 Å². The van der Waals surface area contributed by atoms with E-state index in [2.05, 4.69) is 26.0 Å². The van der Waals surface area contributed by atoms with Crippen molar-refractivity contribution >= 4 is 27.5 Å². The van der Waals surface area contributed by atoms with E-state index < -0.39 is 0 Å². The molecule has 0 saturated heterocycles. The Labute approximate surface area is 165 Å². The lowest BCUT2D eigenvalue weighted by Crippen LogP contribution is -2.27. The first-order chi connectivity index (χ1) is 13.1. The molecule has 0 radical (unpaired) electrons. The highest BCUT2D eigenvalue weighted by Gasteiger charge is 2.34. The van der Waals surface area contributed by atoms with Crippen molar-refractivity contribution in [3.05, 3.63) is 94.2 Å². The molecule has 0 fully saturated rings. The average molecular weight is 422 g/mol. The fraction of sp³-hybridized carbons (Fsp3) is 0.0952. The lowest BCUT2D eigenvalue weighted by atomic mass is 9.97. The van der Waals surface area contributed by atoms with Crippen LogP contribution < -0.4 is 0 Å². The van der Waals surface area contributed by atoms with Gasteiger partial charge in [-0.3, -0.25) is 9.78 Å². The Bertz CT molecular complexity index is 1000. The lowest BCUT2D eigenvalue weighted by molar-refractivity contribution is 0.0709. The summed E-state index contributed by atoms with van der Waals surface area (Å²) in [5.41, 5.74) is 2.93. The first-order valence-corrected chi connectivity index (χ1v) is 9.27. The van der Waals surface area contributed by atoms with Crippen LogP contribution in [0.2, 0.25) is 0 Å². The van der Waals surface area contributed by atoms with Gasteiger partial charge >= 0.3 is 0 Å². The third kappa shape index (κ3) is 3.48. The van der Waals surface area contributed by atoms with Gasteiger partial charge < -0.3 is 5.11 Å². The average Bonchev–Trinajstić information content (AvgIpc) is 3.14. The van der Waals surface area contributed by atoms with Crippen molar-refractivity contribution in [2.45, 2.75) is 12.5 Å². The van der Waals surface area contributed by atoms with Crippen LogP contribution in [-0.4, -0.2) is 26.7 Å². The Morgan fingerprint density at radius 2 is 1.74 bits per heavy atom. The highest BCUT2D eigenvalue weighted by atomic mass is 79.9. The second-order valence-corrected chi connectivity index (χ2v) is 7.13. The molecule has 1 amide bonds. The largest absolute Gasteiger partial charge is 0.508 e. The van der Waals surface area contributed by atoms with E-state index in [0.717, 1.165) is 15.7 Å². The van der Waals surface area contributed by atoms with Crippen LogP contribution in [-0.2, 0) is 0 Å². The molecule has 1 N–H and O–H groups in total. The summed E-state index contributed by atoms with van der Waals surface area (Å²) in [5.74, 6) is -0.0694. The second kappa shape index (κ2) is 7.32. The lowest BCUT2D eigenvalue weighted by Gasteiger charge is -2.22. The Hall–Kier alpha value is -2.99. The standard InChI is InChI=1S/C21H16BrN3O2/c22-16-7-5-14(6-8-16)18-13-19(17-3-1-2-4-20(17)26)25(24-18)21(27)15-9-11-23-12-10-15/h1-12,19,26H,13H2/t19-/m0/s1. The number of aromatic nitrogens is 1. The molecule has 1 atom stereocenters. The van der Waals surface area contributed by atoms with Crippen molar-refractivity contribution in [2.24, 2.45) is 5.10 Å². The SMILES string of the molecule is O=C(c1ccncc1)N1N=C(c2ccc(Br)cc2)C[C@H]1c1ccccc1O. The molecular weight excluding hydrogens is 406 g/mol. The number of phenolic OH excluding ortho intramolecular Hbond substituents is 1. The zero-order valence-electron chi connectivity index (χ0n) is 14.3. The summed E-state index contributed by atoms with van der Waals surface area (Å²) in [4.78, 5) is 17.0. The summed E-state index contributed by atoms with van der Waals surface area (Å²) in [6.45, 7) is 0. The Morgan fingerprint density at radius 1 is 1.04 bits per heavy atom. The Morgan fingerprint density at radius 3 is 2.44 bits per heavy atom. The minimum absolute atomic E-state index is 0.155. The number of carbonyl (C=O) groups excluding carboxylic acids is 1. The first-order valence-electron chi connectivity index (χ1n) is 8.48. The highest BCUT2D eigenvalue weighted by Crippen LogP contribution is 2.37. The van der Waals surface area contributed by atoms with Crippen LogP contribution in [0.15, 0.2) is 82.6 Å². The van der Waals surface area contributed by atoms with Gasteiger partial charge in [0.05, 0.1) is 11.8 Å². The van der Waals surface area contributed by atoms with Gasteiger partial charge in [-0.15, -0.1) is 0 Å². The predicted molar refractivity (Wildman–Crippen MR) is 107 cm³/mol. The van der Waals surface area contributed by atoms with Gasteiger partial charge in [0.15, 0.2) is 0 Å². The van der Waals surface area contributed by atoms with Crippen molar-refractivity contribution in [1.29, 1.82) is 0 Å². The van der Waals surface area contributed by atoms with E-state index in [1.54, 1.807) is 36.7 Å². The normalized spacial score (nSPS) is 16.3. The van der Waals surface area contributed by atoms with Gasteiger partial charge in [0.1, 0.15) is 5.75 Å². The van der Waals surface area contributed by atoms with Crippen molar-refractivity contribution < 1.29 is 9.90 Å². The molecular formula is C21H16BrN3O2. The van der Waals surface area contributed by atoms with Gasteiger partial charge in [0, 0.05) is 34.4 Å². The third-order valence-electron chi connectivity index (χ3n) is 4.52. The maximum Gasteiger partial charge on any atom is 0.274 e. The number of hydrazone groups is 1. The molecule has 6 heteroatoms. The molecule has 3 aromatic rings. The summed E-state index contributed by atoms with van der Waals surface area (Å²) in [6.07, 6.45) is 3.69. The van der Waals surface area contributed by atoms with E-state index >= 15 is 0 Å². The summed E-state index contributed by atoms with van der Waals surface area (Å²) >= 11 is 3.43. The zero-order chi connectivity index (χ0) is 18.8. The van der Waals surface area contributed by atoms with E-state index in [-0.39, 0.29) is 17.7 Å². The molecule has 27 heavy (non-hydrogen) atoms. The number of carbonyl (C=O) groups is 1. The second-order valence-electron chi connectivity index (χ2n) is 6.22. The van der Waals surface area contributed by atoms with Gasteiger partial charge in [0.25, 0.3) is 5.91 Å². The quantitative estimate of drug-likeness (QED) is 0.674. The number of hydrogen-bond donors (Lipinski definition) is 1. The number of nitrogens with zero attached hydrogens (tertiary/aromatic N) is 3. The van der Waals surface area contributed by atoms with Crippen LogP contribution in [0.1, 0.15) is 33.9 Å². The Balaban J connectivity index is 1.75. The number of pyridine rings is 1. The number of benzene rings is 2. The maximum atomic E-state index is 13.1. The highest BCUT2D eigenvalue weighted by molar-refractivity contribution is 9.10. The maximum absolute atomic E-state index is 13.1. The van der Waals surface area contributed by atoms with Crippen molar-refractivity contribution in [1.82, 2.24) is 9.99 Å². The van der Waals surface area contributed by atoms with Gasteiger partial charge in [-0.2, -0.15) is 5.10 Å². The van der Waals surface area contributed by atoms with E-state index in [1.165, 1.54) is 5.01 Å². The molecule has 0 bridgehead atoms. The van der Waals surface area contributed by atoms with Crippen LogP contribution in [0.4, 0.5) is 0 Å². The molecule has 1 aliphatic rings. The molecule has 0 spiro atoms. The van der Waals surface area contributed by atoms with Crippen molar-refractivity contribution in [3.63, 3.8) is 0 Å². The molecule has 2 aromatic carbocycles. The third-order valence-corrected chi connectivity index (χ3v) is 5.05. The Kier molecular flexibility index (Phi) is 4.73. The molecule has 0 unspecified atom stereocenters. The van der Waals surface area contributed by atoms with Crippen molar-refractivity contribution in [3.8, 4) is 5.75 Å². The van der Waals surface area contributed by atoms with Crippen LogP contribution in [0.5, 0.6) is 5.75 Å². The van der Waals surface area contributed by atoms with Gasteiger partial charge in [-0.05, 0) is 35.9 Å². The molecule has 2 heterocycles. The van der Waals surface area contributed by atoms with Gasteiger partial charge in [-0.1, -0.05) is 46.3 Å². The minimum atomic E-state index is -0.370. The molecule has 4 rings (SSSR count). The fourth-order valence-electron chi connectivity index (χ4n) is 3.15. The van der Waals surface area contributed by atoms with Crippen molar-refractivity contribution in [2.75, 3.05) is 0 Å². The number of aromatic hydroxyl groups is 1. The number of rotatable bonds is 3. The number of halogens is 1. The van der Waals surface area contributed by atoms with Crippen LogP contribution >= 0.6 is 15.9 Å². The molecule has 0 aliphatic carbocycles. The summed E-state index contributed by atoms with van der Waals surface area (Å²) in [6, 6.07) is 17.8. The van der Waals surface area contributed by atoms with E-state index in [4.69, 9.17) is 0 Å². The predicted octanol–water partition coefficient (Wildman–Crippen LogP) is 4.54. The monoisotopic (exact) mass is 421 g/mol. The topological polar surface area (TPSA) is 65.8 Å². The molecule has 5 nitrogen and oxygen atoms in total. The fourth-order valence-corrected chi connectivity index (χ4v) is 3.42. The number of phenols is 1. The van der Waals surface area contributed by atoms with Crippen LogP contribution in [0, 0.1) is 0 Å². The number of hydrogen-bond acceptors (Lipinski definition) is 4. The summed E-state index contributed by atoms with van der Waals surface area (Å²) < 4.78 is 0.979. The van der Waals surface area contributed by atoms with E-state index in [9.17, 15) is 9.90 Å². The molecule has 0 saturated carbocycles. The van der Waals surface area contributed by atoms with Gasteiger partial charge in [-0.25, -0.2) is 5.01 Å². The molecule has 1 aromatic heterocycles. The number of para-hydroxylation sites is 1. The van der Waals surface area contributed by atoms with E-state index in [0.29, 0.717) is 17.5 Å². The molecule has 1 aliphatic heterocycles. The molecule has 134 valence electrons. The summed E-state index contributed by atoms with van der Waals surface area (Å²) in [7, 11) is 0.